The van der Waals surface area contributed by atoms with Gasteiger partial charge in [0, 0.05) is 29.0 Å². The highest BCUT2D eigenvalue weighted by Crippen LogP contribution is 2.28. The second-order valence-electron chi connectivity index (χ2n) is 7.40. The lowest BCUT2D eigenvalue weighted by atomic mass is 9.99. The molecule has 0 spiro atoms. The van der Waals surface area contributed by atoms with E-state index in [0.29, 0.717) is 33.3 Å². The van der Waals surface area contributed by atoms with Crippen LogP contribution in [-0.2, 0) is 4.79 Å². The fourth-order valence-corrected chi connectivity index (χ4v) is 3.42. The minimum Gasteiger partial charge on any atom is -0.497 e. The van der Waals surface area contributed by atoms with Gasteiger partial charge in [0.2, 0.25) is 5.91 Å². The summed E-state index contributed by atoms with van der Waals surface area (Å²) in [6.45, 7) is 1.79. The van der Waals surface area contributed by atoms with E-state index in [0.717, 1.165) is 5.56 Å². The number of anilines is 1. The molecular weight excluding hydrogens is 443 g/mol. The van der Waals surface area contributed by atoms with E-state index in [1.807, 2.05) is 18.2 Å². The number of rotatable bonds is 7. The highest BCUT2D eigenvalue weighted by atomic mass is 35.5. The van der Waals surface area contributed by atoms with Crippen LogP contribution in [0, 0.1) is 5.82 Å². The van der Waals surface area contributed by atoms with Gasteiger partial charge in [-0.15, -0.1) is 0 Å². The highest BCUT2D eigenvalue weighted by Gasteiger charge is 2.19. The van der Waals surface area contributed by atoms with Gasteiger partial charge >= 0.3 is 0 Å². The molecule has 0 saturated heterocycles. The molecule has 0 unspecified atom stereocenters. The third kappa shape index (κ3) is 6.20. The molecule has 0 aromatic heterocycles. The van der Waals surface area contributed by atoms with E-state index in [4.69, 9.17) is 16.3 Å². The average molecular weight is 467 g/mol. The highest BCUT2D eigenvalue weighted by molar-refractivity contribution is 6.30. The van der Waals surface area contributed by atoms with E-state index in [2.05, 4.69) is 5.32 Å². The van der Waals surface area contributed by atoms with Crippen molar-refractivity contribution in [1.29, 1.82) is 0 Å². The zero-order chi connectivity index (χ0) is 24.0. The van der Waals surface area contributed by atoms with Gasteiger partial charge in [0.25, 0.3) is 5.91 Å². The molecule has 5 nitrogen and oxygen atoms in total. The van der Waals surface area contributed by atoms with Crippen molar-refractivity contribution in [3.8, 4) is 5.75 Å². The molecule has 0 fully saturated rings. The van der Waals surface area contributed by atoms with E-state index in [9.17, 15) is 14.0 Å². The lowest BCUT2D eigenvalue weighted by Crippen LogP contribution is -2.26. The molecule has 1 N–H and O–H groups in total. The summed E-state index contributed by atoms with van der Waals surface area (Å²) in [6, 6.07) is 19.4. The molecule has 0 bridgehead atoms. The predicted molar refractivity (Wildman–Crippen MR) is 129 cm³/mol. The Labute approximate surface area is 197 Å². The van der Waals surface area contributed by atoms with Crippen molar-refractivity contribution in [2.45, 2.75) is 13.3 Å². The molecule has 2 amide bonds. The van der Waals surface area contributed by atoms with E-state index in [-0.39, 0.29) is 24.1 Å². The van der Waals surface area contributed by atoms with Crippen LogP contribution in [0.15, 0.2) is 78.5 Å². The Morgan fingerprint density at radius 1 is 1.00 bits per heavy atom. The lowest BCUT2D eigenvalue weighted by molar-refractivity contribution is -0.115. The van der Waals surface area contributed by atoms with Crippen molar-refractivity contribution in [1.82, 2.24) is 4.90 Å². The fourth-order valence-electron chi connectivity index (χ4n) is 3.29. The number of benzene rings is 3. The molecule has 0 aliphatic carbocycles. The van der Waals surface area contributed by atoms with Crippen molar-refractivity contribution in [2.24, 2.45) is 0 Å². The van der Waals surface area contributed by atoms with Crippen LogP contribution in [0.3, 0.4) is 0 Å². The number of amides is 2. The number of hydrogen-bond acceptors (Lipinski definition) is 3. The standard InChI is InChI=1S/C26H24ClFN2O3/c1-17(30(2)26(32)18-7-9-20(27)10-8-18)24(19-5-4-6-23(15-19)33-3)16-25(31)29-22-13-11-21(28)12-14-22/h4-15H,16H2,1-3H3,(H,29,31). The Kier molecular flexibility index (Phi) is 7.85. The van der Waals surface area contributed by atoms with E-state index in [1.165, 1.54) is 29.2 Å². The summed E-state index contributed by atoms with van der Waals surface area (Å²) < 4.78 is 18.5. The maximum atomic E-state index is 13.2. The van der Waals surface area contributed by atoms with E-state index in [1.54, 1.807) is 51.4 Å². The Bertz CT molecular complexity index is 1170. The van der Waals surface area contributed by atoms with Crippen molar-refractivity contribution in [2.75, 3.05) is 19.5 Å². The Hall–Kier alpha value is -3.64. The quantitative estimate of drug-likeness (QED) is 0.463. The van der Waals surface area contributed by atoms with Gasteiger partial charge in [0.15, 0.2) is 0 Å². The van der Waals surface area contributed by atoms with Crippen molar-refractivity contribution >= 4 is 34.7 Å². The summed E-state index contributed by atoms with van der Waals surface area (Å²) in [5.74, 6) is -0.291. The molecule has 33 heavy (non-hydrogen) atoms. The van der Waals surface area contributed by atoms with Gasteiger partial charge in [0.1, 0.15) is 11.6 Å². The summed E-state index contributed by atoms with van der Waals surface area (Å²) in [7, 11) is 3.22. The molecule has 0 aliphatic rings. The summed E-state index contributed by atoms with van der Waals surface area (Å²) in [5, 5.41) is 3.31. The van der Waals surface area contributed by atoms with E-state index >= 15 is 0 Å². The minimum atomic E-state index is -0.386. The number of allylic oxidation sites excluding steroid dienone is 1. The Morgan fingerprint density at radius 3 is 2.30 bits per heavy atom. The van der Waals surface area contributed by atoms with Crippen molar-refractivity contribution in [3.05, 3.63) is 100 Å². The number of nitrogens with zero attached hydrogens (tertiary/aromatic N) is 1. The first-order chi connectivity index (χ1) is 15.8. The topological polar surface area (TPSA) is 58.6 Å². The number of carbonyl (C=O) groups excluding carboxylic acids is 2. The monoisotopic (exact) mass is 466 g/mol. The molecular formula is C26H24ClFN2O3. The van der Waals surface area contributed by atoms with Crippen LogP contribution in [0.4, 0.5) is 10.1 Å². The minimum absolute atomic E-state index is 0.00534. The molecule has 0 radical (unpaired) electrons. The zero-order valence-corrected chi connectivity index (χ0v) is 19.3. The first-order valence-electron chi connectivity index (χ1n) is 10.2. The summed E-state index contributed by atoms with van der Waals surface area (Å²) in [4.78, 5) is 27.4. The first-order valence-corrected chi connectivity index (χ1v) is 10.6. The van der Waals surface area contributed by atoms with Crippen LogP contribution in [0.25, 0.3) is 5.57 Å². The van der Waals surface area contributed by atoms with Gasteiger partial charge in [-0.2, -0.15) is 0 Å². The second kappa shape index (κ2) is 10.8. The third-order valence-corrected chi connectivity index (χ3v) is 5.47. The Balaban J connectivity index is 1.94. The van der Waals surface area contributed by atoms with Crippen LogP contribution < -0.4 is 10.1 Å². The van der Waals surface area contributed by atoms with Gasteiger partial charge in [0.05, 0.1) is 13.5 Å². The van der Waals surface area contributed by atoms with E-state index < -0.39 is 0 Å². The van der Waals surface area contributed by atoms with Crippen molar-refractivity contribution in [3.63, 3.8) is 0 Å². The van der Waals surface area contributed by atoms with Gasteiger partial charge in [-0.25, -0.2) is 4.39 Å². The van der Waals surface area contributed by atoms with Crippen LogP contribution >= 0.6 is 11.6 Å². The summed E-state index contributed by atoms with van der Waals surface area (Å²) >= 11 is 5.94. The van der Waals surface area contributed by atoms with Gasteiger partial charge in [-0.05, 0) is 78.7 Å². The van der Waals surface area contributed by atoms with Crippen LogP contribution in [0.5, 0.6) is 5.75 Å². The molecule has 7 heteroatoms. The van der Waals surface area contributed by atoms with Crippen LogP contribution in [0.2, 0.25) is 5.02 Å². The third-order valence-electron chi connectivity index (χ3n) is 5.22. The molecule has 0 heterocycles. The molecule has 3 aromatic carbocycles. The van der Waals surface area contributed by atoms with Gasteiger partial charge < -0.3 is 15.0 Å². The molecule has 0 aliphatic heterocycles. The molecule has 3 rings (SSSR count). The van der Waals surface area contributed by atoms with Crippen LogP contribution in [-0.4, -0.2) is 30.9 Å². The normalized spacial score (nSPS) is 11.4. The number of halogens is 2. The van der Waals surface area contributed by atoms with Gasteiger partial charge in [-0.3, -0.25) is 9.59 Å². The summed E-state index contributed by atoms with van der Waals surface area (Å²) in [5.41, 5.74) is 2.96. The first kappa shape index (κ1) is 24.0. The average Bonchev–Trinajstić information content (AvgIpc) is 2.83. The maximum absolute atomic E-state index is 13.2. The number of hydrogen-bond donors (Lipinski definition) is 1. The smallest absolute Gasteiger partial charge is 0.257 e. The maximum Gasteiger partial charge on any atom is 0.257 e. The molecule has 0 saturated carbocycles. The SMILES string of the molecule is COc1cccc(C(CC(=O)Nc2ccc(F)cc2)=C(C)N(C)C(=O)c2ccc(Cl)cc2)c1. The van der Waals surface area contributed by atoms with Gasteiger partial charge in [-0.1, -0.05) is 23.7 Å². The molecule has 170 valence electrons. The number of methoxy groups -OCH3 is 1. The largest absolute Gasteiger partial charge is 0.497 e. The predicted octanol–water partition coefficient (Wildman–Crippen LogP) is 6.02. The molecule has 0 atom stereocenters. The number of ether oxygens (including phenoxy) is 1. The number of carbonyl (C=O) groups is 2. The van der Waals surface area contributed by atoms with Crippen LogP contribution in [0.1, 0.15) is 29.3 Å². The second-order valence-corrected chi connectivity index (χ2v) is 7.84. The molecule has 3 aromatic rings. The Morgan fingerprint density at radius 2 is 1.67 bits per heavy atom. The zero-order valence-electron chi connectivity index (χ0n) is 18.6. The fraction of sp³-hybridized carbons (Fsp3) is 0.154. The number of nitrogens with one attached hydrogen (secondary N) is 1. The van der Waals surface area contributed by atoms with Crippen molar-refractivity contribution < 1.29 is 18.7 Å². The summed E-state index contributed by atoms with van der Waals surface area (Å²) in [6.07, 6.45) is -0.00534. The lowest BCUT2D eigenvalue weighted by Gasteiger charge is -2.23.